The van der Waals surface area contributed by atoms with Gasteiger partial charge in [0.1, 0.15) is 0 Å². The molecule has 0 amide bonds. The summed E-state index contributed by atoms with van der Waals surface area (Å²) in [5.41, 5.74) is 1.34. The van der Waals surface area contributed by atoms with Gasteiger partial charge in [-0.2, -0.15) is 0 Å². The Balaban J connectivity index is 0.000000642. The Morgan fingerprint density at radius 2 is 1.03 bits per heavy atom. The van der Waals surface area contributed by atoms with Crippen molar-refractivity contribution < 1.29 is 29.7 Å². The van der Waals surface area contributed by atoms with Crippen LogP contribution >= 0.6 is 0 Å². The second kappa shape index (κ2) is 19.1. The van der Waals surface area contributed by atoms with E-state index in [-0.39, 0.29) is 31.0 Å². The molecule has 11 heteroatoms. The number of benzene rings is 2. The Labute approximate surface area is 255 Å². The Bertz CT molecular complexity index is 896. The molecule has 0 aliphatic rings. The van der Waals surface area contributed by atoms with Crippen LogP contribution in [0, 0.1) is 0 Å². The van der Waals surface area contributed by atoms with E-state index in [9.17, 15) is 10.2 Å². The minimum atomic E-state index is 0. The molecule has 2 aromatic rings. The summed E-state index contributed by atoms with van der Waals surface area (Å²) in [6.45, 7) is 3.55. The molecule has 0 aromatic heterocycles. The number of hydrogen-bond acceptors (Lipinski definition) is 6. The quantitative estimate of drug-likeness (QED) is 0.142. The maximum Gasteiger partial charge on any atom is 2.00 e. The predicted molar refractivity (Wildman–Crippen MR) is 150 cm³/mol. The molecular formula is C24H34N4O2Se4Zn. The fraction of sp³-hybridized carbons (Fsp3) is 0.417. The molecule has 0 radical (unpaired) electrons. The van der Waals surface area contributed by atoms with E-state index in [0.717, 1.165) is 47.9 Å². The monoisotopic (exact) mass is 794 g/mol. The van der Waals surface area contributed by atoms with Gasteiger partial charge in [-0.05, 0) is 0 Å². The Morgan fingerprint density at radius 1 is 0.686 bits per heavy atom. The summed E-state index contributed by atoms with van der Waals surface area (Å²) in [4.78, 5) is 12.8. The van der Waals surface area contributed by atoms with E-state index in [0.29, 0.717) is 20.1 Å². The molecule has 0 atom stereocenters. The van der Waals surface area contributed by atoms with Crippen molar-refractivity contribution in [3.63, 3.8) is 0 Å². The number of hydrogen-bond donors (Lipinski definition) is 0. The Morgan fingerprint density at radius 3 is 1.34 bits per heavy atom. The Kier molecular flexibility index (Phi) is 19.1. The minimum absolute atomic E-state index is 0. The fourth-order valence-corrected chi connectivity index (χ4v) is 5.92. The van der Waals surface area contributed by atoms with Crippen molar-refractivity contribution in [2.24, 2.45) is 9.98 Å². The first-order chi connectivity index (χ1) is 16.0. The molecule has 0 saturated carbocycles. The van der Waals surface area contributed by atoms with Gasteiger partial charge < -0.3 is 0 Å². The van der Waals surface area contributed by atoms with Crippen LogP contribution in [0.2, 0.25) is 0 Å². The molecule has 0 N–H and O–H groups in total. The van der Waals surface area contributed by atoms with Crippen molar-refractivity contribution in [3.05, 3.63) is 35.4 Å². The first kappa shape index (κ1) is 35.0. The van der Waals surface area contributed by atoms with Gasteiger partial charge in [-0.25, -0.2) is 0 Å². The van der Waals surface area contributed by atoms with Crippen molar-refractivity contribution in [1.29, 1.82) is 0 Å². The molecule has 2 rings (SSSR count). The predicted octanol–water partition coefficient (Wildman–Crippen LogP) is -3.64. The van der Waals surface area contributed by atoms with Gasteiger partial charge in [-0.3, -0.25) is 0 Å². The molecule has 0 saturated heterocycles. The van der Waals surface area contributed by atoms with Gasteiger partial charge in [0.15, 0.2) is 0 Å². The molecule has 2 aromatic carbocycles. The van der Waals surface area contributed by atoms with Gasteiger partial charge in [0, 0.05) is 0 Å². The molecule has 35 heavy (non-hydrogen) atoms. The van der Waals surface area contributed by atoms with Crippen LogP contribution in [-0.4, -0.2) is 141 Å². The van der Waals surface area contributed by atoms with E-state index in [2.05, 4.69) is 83.8 Å². The number of rotatable bonds is 10. The molecule has 0 fully saturated rings. The second-order valence-electron chi connectivity index (χ2n) is 8.15. The van der Waals surface area contributed by atoms with Gasteiger partial charge >= 0.3 is 258 Å². The summed E-state index contributed by atoms with van der Waals surface area (Å²) in [6.07, 6.45) is 5.39. The zero-order valence-corrected chi connectivity index (χ0v) is 31.3. The third kappa shape index (κ3) is 15.1. The van der Waals surface area contributed by atoms with Crippen LogP contribution in [0.5, 0.6) is 11.5 Å². The van der Waals surface area contributed by atoms with E-state index in [4.69, 9.17) is 0 Å². The largest absolute Gasteiger partial charge is 2.00 e. The van der Waals surface area contributed by atoms with Gasteiger partial charge in [-0.15, -0.1) is 0 Å². The van der Waals surface area contributed by atoms with Crippen molar-refractivity contribution in [3.8, 4) is 11.5 Å². The Hall–Kier alpha value is 0.00130. The maximum atomic E-state index is 11.8. The zero-order chi connectivity index (χ0) is 25.7. The molecule has 0 aliphatic carbocycles. The zero-order valence-electron chi connectivity index (χ0n) is 20.8. The van der Waals surface area contributed by atoms with Crippen LogP contribution < -0.4 is 28.1 Å². The van der Waals surface area contributed by atoms with Crippen LogP contribution in [-0.2, 0) is 19.5 Å². The van der Waals surface area contributed by atoms with Crippen LogP contribution in [0.4, 0.5) is 0 Å². The van der Waals surface area contributed by atoms with Crippen LogP contribution in [0.15, 0.2) is 34.3 Å². The maximum absolute atomic E-state index is 11.8. The van der Waals surface area contributed by atoms with E-state index < -0.39 is 0 Å². The smallest absolute Gasteiger partial charge is 2.00 e. The standard InChI is InChI=1S/2C12H18N2OSe2.Zn/c2*1-14(2)5-3-4-13-8-9-6-10(16)7-11(17)12(9)15;/h2*6-8,15-17H,3-5H2,1-2H3;/q;;+2/p-2. The van der Waals surface area contributed by atoms with E-state index in [1.165, 1.54) is 0 Å². The summed E-state index contributed by atoms with van der Waals surface area (Å²) in [6, 6.07) is 7.42. The first-order valence-corrected chi connectivity index (χ1v) is 14.5. The molecule has 188 valence electrons. The molecule has 0 heterocycles. The van der Waals surface area contributed by atoms with Gasteiger partial charge in [0.05, 0.1) is 0 Å². The molecule has 0 unspecified atom stereocenters. The fourth-order valence-electron chi connectivity index (χ4n) is 2.71. The van der Waals surface area contributed by atoms with E-state index >= 15 is 0 Å². The van der Waals surface area contributed by atoms with Gasteiger partial charge in [0.2, 0.25) is 0 Å². The minimum Gasteiger partial charge on any atom is 2.00 e. The van der Waals surface area contributed by atoms with Crippen LogP contribution in [0.1, 0.15) is 24.0 Å². The van der Waals surface area contributed by atoms with Gasteiger partial charge in [0.25, 0.3) is 0 Å². The second-order valence-corrected chi connectivity index (χ2v) is 12.3. The number of nitrogens with zero attached hydrogens (tertiary/aromatic N) is 4. The third-order valence-electron chi connectivity index (χ3n) is 4.41. The molecular weight excluding hydrogens is 758 g/mol. The van der Waals surface area contributed by atoms with E-state index in [1.807, 2.05) is 52.5 Å². The summed E-state index contributed by atoms with van der Waals surface area (Å²) in [5.74, 6) is 0.104. The molecule has 0 aliphatic heterocycles. The normalized spacial score (nSPS) is 11.3. The van der Waals surface area contributed by atoms with Crippen molar-refractivity contribution >= 4 is 94.3 Å². The van der Waals surface area contributed by atoms with Crippen LogP contribution in [0.3, 0.4) is 0 Å². The average Bonchev–Trinajstić information content (AvgIpc) is 2.74. The summed E-state index contributed by atoms with van der Waals surface area (Å²) in [5, 5.41) is 23.5. The average molecular weight is 792 g/mol. The number of aliphatic imine (C=N–C) groups is 2. The third-order valence-corrected chi connectivity index (χ3v) is 6.89. The van der Waals surface area contributed by atoms with Crippen LogP contribution in [0.25, 0.3) is 0 Å². The van der Waals surface area contributed by atoms with Crippen molar-refractivity contribution in [2.75, 3.05) is 54.4 Å². The van der Waals surface area contributed by atoms with Crippen molar-refractivity contribution in [2.45, 2.75) is 12.8 Å². The molecule has 0 bridgehead atoms. The first-order valence-electron chi connectivity index (χ1n) is 10.8. The summed E-state index contributed by atoms with van der Waals surface area (Å²) >= 11 is 9.51. The topological polar surface area (TPSA) is 77.3 Å². The summed E-state index contributed by atoms with van der Waals surface area (Å²) in [7, 11) is 8.16. The van der Waals surface area contributed by atoms with Gasteiger partial charge in [-0.1, -0.05) is 0 Å². The van der Waals surface area contributed by atoms with E-state index in [1.54, 1.807) is 12.4 Å². The molecule has 6 nitrogen and oxygen atoms in total. The summed E-state index contributed by atoms with van der Waals surface area (Å²) < 4.78 is 3.49. The van der Waals surface area contributed by atoms with Crippen molar-refractivity contribution in [1.82, 2.24) is 9.80 Å². The molecule has 0 spiro atoms. The SMILES string of the molecule is CN(C)CCCN=Cc1cc([SeH])cc([SeH])c1[O-].CN(C)CCCN=Cc1cc([SeH])cc([SeH])c1[O-].[Zn+2].